The van der Waals surface area contributed by atoms with E-state index in [0.29, 0.717) is 11.7 Å². The van der Waals surface area contributed by atoms with Gasteiger partial charge in [-0.1, -0.05) is 44.2 Å². The molecule has 0 fully saturated rings. The summed E-state index contributed by atoms with van der Waals surface area (Å²) in [6, 6.07) is 10.1. The minimum atomic E-state index is 0.577. The van der Waals surface area contributed by atoms with Crippen LogP contribution in [0, 0.1) is 9.49 Å². The summed E-state index contributed by atoms with van der Waals surface area (Å²) in [5.74, 6) is 2.06. The SMILES string of the molecule is CC(C)CCc1nc(N)c(I)c(-c2ccccc2)n1. The third-order valence-electron chi connectivity index (χ3n) is 2.92. The van der Waals surface area contributed by atoms with Crippen molar-refractivity contribution in [3.8, 4) is 11.3 Å². The average molecular weight is 367 g/mol. The number of nitrogens with two attached hydrogens (primary N) is 1. The first kappa shape index (κ1) is 14.2. The molecule has 1 aromatic heterocycles. The molecular formula is C15H18IN3. The van der Waals surface area contributed by atoms with Gasteiger partial charge in [0.15, 0.2) is 0 Å². The molecule has 0 aliphatic heterocycles. The molecule has 0 amide bonds. The lowest BCUT2D eigenvalue weighted by molar-refractivity contribution is 0.575. The van der Waals surface area contributed by atoms with E-state index in [1.807, 2.05) is 18.2 Å². The molecule has 1 aromatic carbocycles. The predicted octanol–water partition coefficient (Wildman–Crippen LogP) is 3.92. The van der Waals surface area contributed by atoms with Crippen LogP contribution < -0.4 is 5.73 Å². The van der Waals surface area contributed by atoms with Crippen molar-refractivity contribution < 1.29 is 0 Å². The number of aryl methyl sites for hydroxylation is 1. The van der Waals surface area contributed by atoms with E-state index in [0.717, 1.165) is 33.5 Å². The Balaban J connectivity index is 2.38. The zero-order valence-electron chi connectivity index (χ0n) is 11.2. The maximum Gasteiger partial charge on any atom is 0.141 e. The fourth-order valence-corrected chi connectivity index (χ4v) is 2.38. The van der Waals surface area contributed by atoms with Crippen LogP contribution in [-0.2, 0) is 6.42 Å². The summed E-state index contributed by atoms with van der Waals surface area (Å²) in [6.45, 7) is 4.41. The molecule has 2 rings (SSSR count). The number of nitrogens with zero attached hydrogens (tertiary/aromatic N) is 2. The van der Waals surface area contributed by atoms with Gasteiger partial charge in [0.25, 0.3) is 0 Å². The second-order valence-corrected chi connectivity index (χ2v) is 6.06. The molecule has 3 nitrogen and oxygen atoms in total. The fraction of sp³-hybridized carbons (Fsp3) is 0.333. The normalized spacial score (nSPS) is 10.9. The van der Waals surface area contributed by atoms with Crippen molar-refractivity contribution in [2.24, 2.45) is 5.92 Å². The molecule has 0 saturated heterocycles. The van der Waals surface area contributed by atoms with Gasteiger partial charge in [-0.05, 0) is 34.9 Å². The van der Waals surface area contributed by atoms with Crippen LogP contribution in [0.3, 0.4) is 0 Å². The van der Waals surface area contributed by atoms with Gasteiger partial charge < -0.3 is 5.73 Å². The van der Waals surface area contributed by atoms with E-state index in [1.54, 1.807) is 0 Å². The molecule has 1 heterocycles. The molecule has 0 aliphatic carbocycles. The maximum atomic E-state index is 6.01. The Bertz CT molecular complexity index is 553. The largest absolute Gasteiger partial charge is 0.383 e. The standard InChI is InChI=1S/C15H18IN3/c1-10(2)8-9-12-18-14(13(16)15(17)19-12)11-6-4-3-5-7-11/h3-7,10H,8-9H2,1-2H3,(H2,17,18,19). The van der Waals surface area contributed by atoms with Gasteiger partial charge in [0.2, 0.25) is 0 Å². The summed E-state index contributed by atoms with van der Waals surface area (Å²) in [5, 5.41) is 0. The van der Waals surface area contributed by atoms with Gasteiger partial charge >= 0.3 is 0 Å². The van der Waals surface area contributed by atoms with E-state index in [-0.39, 0.29) is 0 Å². The third kappa shape index (κ3) is 3.65. The predicted molar refractivity (Wildman–Crippen MR) is 87.8 cm³/mol. The first-order valence-electron chi connectivity index (χ1n) is 6.45. The number of benzene rings is 1. The van der Waals surface area contributed by atoms with Crippen molar-refractivity contribution in [3.63, 3.8) is 0 Å². The molecule has 0 aliphatic rings. The summed E-state index contributed by atoms with van der Waals surface area (Å²) < 4.78 is 0.928. The first-order valence-corrected chi connectivity index (χ1v) is 7.53. The van der Waals surface area contributed by atoms with Gasteiger partial charge in [0.05, 0.1) is 9.26 Å². The lowest BCUT2D eigenvalue weighted by Crippen LogP contribution is -2.06. The van der Waals surface area contributed by atoms with Gasteiger partial charge in [0, 0.05) is 12.0 Å². The van der Waals surface area contributed by atoms with Crippen LogP contribution in [0.2, 0.25) is 0 Å². The number of anilines is 1. The highest BCUT2D eigenvalue weighted by Gasteiger charge is 2.12. The van der Waals surface area contributed by atoms with Gasteiger partial charge in [-0.2, -0.15) is 0 Å². The number of rotatable bonds is 4. The summed E-state index contributed by atoms with van der Waals surface area (Å²) in [4.78, 5) is 9.07. The topological polar surface area (TPSA) is 51.8 Å². The Kier molecular flexibility index (Phi) is 4.74. The molecule has 0 saturated carbocycles. The molecule has 0 atom stereocenters. The first-order chi connectivity index (χ1) is 9.08. The molecule has 2 N–H and O–H groups in total. The highest BCUT2D eigenvalue weighted by Crippen LogP contribution is 2.26. The number of hydrogen-bond donors (Lipinski definition) is 1. The molecule has 100 valence electrons. The quantitative estimate of drug-likeness (QED) is 0.834. The Hall–Kier alpha value is -1.17. The highest BCUT2D eigenvalue weighted by atomic mass is 127. The summed E-state index contributed by atoms with van der Waals surface area (Å²) >= 11 is 2.22. The minimum absolute atomic E-state index is 0.577. The second kappa shape index (κ2) is 6.32. The second-order valence-electron chi connectivity index (χ2n) is 4.99. The molecule has 0 bridgehead atoms. The zero-order chi connectivity index (χ0) is 13.8. The van der Waals surface area contributed by atoms with Gasteiger partial charge in [-0.25, -0.2) is 9.97 Å². The van der Waals surface area contributed by atoms with Crippen molar-refractivity contribution in [1.29, 1.82) is 0 Å². The average Bonchev–Trinajstić information content (AvgIpc) is 2.41. The van der Waals surface area contributed by atoms with Crippen molar-refractivity contribution in [2.45, 2.75) is 26.7 Å². The van der Waals surface area contributed by atoms with Crippen LogP contribution in [-0.4, -0.2) is 9.97 Å². The molecule has 0 unspecified atom stereocenters. The van der Waals surface area contributed by atoms with Crippen LogP contribution in [0.5, 0.6) is 0 Å². The van der Waals surface area contributed by atoms with Crippen LogP contribution in [0.4, 0.5) is 5.82 Å². The van der Waals surface area contributed by atoms with Crippen molar-refractivity contribution in [3.05, 3.63) is 39.7 Å². The molecule has 2 aromatic rings. The zero-order valence-corrected chi connectivity index (χ0v) is 13.4. The van der Waals surface area contributed by atoms with Crippen LogP contribution >= 0.6 is 22.6 Å². The van der Waals surface area contributed by atoms with Gasteiger partial charge in [-0.15, -0.1) is 0 Å². The monoisotopic (exact) mass is 367 g/mol. The summed E-state index contributed by atoms with van der Waals surface area (Å²) in [6.07, 6.45) is 1.95. The molecule has 0 spiro atoms. The number of halogens is 1. The van der Waals surface area contributed by atoms with Crippen molar-refractivity contribution in [1.82, 2.24) is 9.97 Å². The molecule has 0 radical (unpaired) electrons. The van der Waals surface area contributed by atoms with Crippen molar-refractivity contribution >= 4 is 28.4 Å². The fourth-order valence-electron chi connectivity index (χ4n) is 1.83. The Labute approximate surface area is 127 Å². The Morgan fingerprint density at radius 2 is 1.84 bits per heavy atom. The van der Waals surface area contributed by atoms with Gasteiger partial charge in [-0.3, -0.25) is 0 Å². The molecule has 19 heavy (non-hydrogen) atoms. The number of hydrogen-bond acceptors (Lipinski definition) is 3. The molecular weight excluding hydrogens is 349 g/mol. The van der Waals surface area contributed by atoms with Crippen molar-refractivity contribution in [2.75, 3.05) is 5.73 Å². The Morgan fingerprint density at radius 3 is 2.47 bits per heavy atom. The molecule has 4 heteroatoms. The van der Waals surface area contributed by atoms with Crippen LogP contribution in [0.15, 0.2) is 30.3 Å². The summed E-state index contributed by atoms with van der Waals surface area (Å²) in [5.41, 5.74) is 8.03. The van der Waals surface area contributed by atoms with E-state index in [9.17, 15) is 0 Å². The van der Waals surface area contributed by atoms with Crippen LogP contribution in [0.1, 0.15) is 26.1 Å². The summed E-state index contributed by atoms with van der Waals surface area (Å²) in [7, 11) is 0. The van der Waals surface area contributed by atoms with E-state index < -0.39 is 0 Å². The lowest BCUT2D eigenvalue weighted by atomic mass is 10.1. The minimum Gasteiger partial charge on any atom is -0.383 e. The van der Waals surface area contributed by atoms with Gasteiger partial charge in [0.1, 0.15) is 11.6 Å². The van der Waals surface area contributed by atoms with E-state index in [2.05, 4.69) is 58.5 Å². The smallest absolute Gasteiger partial charge is 0.141 e. The third-order valence-corrected chi connectivity index (χ3v) is 3.98. The number of aromatic nitrogens is 2. The maximum absolute atomic E-state index is 6.01. The van der Waals surface area contributed by atoms with Crippen LogP contribution in [0.25, 0.3) is 11.3 Å². The highest BCUT2D eigenvalue weighted by molar-refractivity contribution is 14.1. The lowest BCUT2D eigenvalue weighted by Gasteiger charge is -2.10. The van der Waals surface area contributed by atoms with E-state index in [1.165, 1.54) is 0 Å². The number of nitrogen functional groups attached to an aromatic ring is 1. The Morgan fingerprint density at radius 1 is 1.16 bits per heavy atom. The van der Waals surface area contributed by atoms with E-state index >= 15 is 0 Å². The van der Waals surface area contributed by atoms with E-state index in [4.69, 9.17) is 5.73 Å².